The number of carbonyl (C=O) groups is 1. The van der Waals surface area contributed by atoms with Crippen LogP contribution in [-0.2, 0) is 6.54 Å². The molecule has 1 aromatic carbocycles. The molecule has 18 heavy (non-hydrogen) atoms. The van der Waals surface area contributed by atoms with Crippen molar-refractivity contribution in [3.63, 3.8) is 0 Å². The van der Waals surface area contributed by atoms with Crippen LogP contribution < -0.4 is 5.73 Å². The van der Waals surface area contributed by atoms with E-state index in [4.69, 9.17) is 5.73 Å². The van der Waals surface area contributed by atoms with Gasteiger partial charge in [0.15, 0.2) is 0 Å². The quantitative estimate of drug-likeness (QED) is 0.911. The van der Waals surface area contributed by atoms with Crippen molar-refractivity contribution in [3.8, 4) is 0 Å². The van der Waals surface area contributed by atoms with Crippen molar-refractivity contribution in [2.24, 2.45) is 0 Å². The SMILES string of the molecule is CN(Cc1cccc(Br)c1)C(=O)c1cn[nH]c1N. The van der Waals surface area contributed by atoms with Crippen molar-refractivity contribution in [1.29, 1.82) is 0 Å². The van der Waals surface area contributed by atoms with E-state index in [2.05, 4.69) is 26.1 Å². The monoisotopic (exact) mass is 308 g/mol. The Morgan fingerprint density at radius 3 is 2.94 bits per heavy atom. The van der Waals surface area contributed by atoms with E-state index >= 15 is 0 Å². The first-order valence-corrected chi connectivity index (χ1v) is 6.16. The zero-order chi connectivity index (χ0) is 13.1. The fourth-order valence-electron chi connectivity index (χ4n) is 1.65. The van der Waals surface area contributed by atoms with Crippen molar-refractivity contribution in [2.45, 2.75) is 6.54 Å². The second kappa shape index (κ2) is 5.22. The smallest absolute Gasteiger partial charge is 0.259 e. The molecule has 0 radical (unpaired) electrons. The van der Waals surface area contributed by atoms with E-state index in [0.29, 0.717) is 17.9 Å². The summed E-state index contributed by atoms with van der Waals surface area (Å²) in [5.41, 5.74) is 7.06. The van der Waals surface area contributed by atoms with Gasteiger partial charge in [0.2, 0.25) is 0 Å². The Morgan fingerprint density at radius 2 is 2.33 bits per heavy atom. The van der Waals surface area contributed by atoms with Crippen LogP contribution in [0, 0.1) is 0 Å². The molecule has 0 atom stereocenters. The number of nitrogens with one attached hydrogen (secondary N) is 1. The lowest BCUT2D eigenvalue weighted by Gasteiger charge is -2.16. The molecular weight excluding hydrogens is 296 g/mol. The van der Waals surface area contributed by atoms with E-state index < -0.39 is 0 Å². The number of benzene rings is 1. The van der Waals surface area contributed by atoms with Gasteiger partial charge in [-0.1, -0.05) is 28.1 Å². The number of amides is 1. The van der Waals surface area contributed by atoms with Crippen LogP contribution in [0.5, 0.6) is 0 Å². The third-order valence-corrected chi connectivity index (χ3v) is 3.05. The summed E-state index contributed by atoms with van der Waals surface area (Å²) in [6, 6.07) is 7.82. The summed E-state index contributed by atoms with van der Waals surface area (Å²) in [6.45, 7) is 0.517. The topological polar surface area (TPSA) is 75.0 Å². The van der Waals surface area contributed by atoms with Crippen molar-refractivity contribution >= 4 is 27.7 Å². The van der Waals surface area contributed by atoms with Gasteiger partial charge in [-0.3, -0.25) is 9.89 Å². The first-order valence-electron chi connectivity index (χ1n) is 5.36. The second-order valence-electron chi connectivity index (χ2n) is 3.99. The lowest BCUT2D eigenvalue weighted by atomic mass is 10.2. The number of aromatic nitrogens is 2. The second-order valence-corrected chi connectivity index (χ2v) is 4.90. The summed E-state index contributed by atoms with van der Waals surface area (Å²) in [4.78, 5) is 13.7. The minimum Gasteiger partial charge on any atom is -0.383 e. The Hall–Kier alpha value is -1.82. The molecule has 0 bridgehead atoms. The maximum absolute atomic E-state index is 12.1. The Balaban J connectivity index is 2.11. The molecule has 5 nitrogen and oxygen atoms in total. The number of rotatable bonds is 3. The van der Waals surface area contributed by atoms with Crippen molar-refractivity contribution in [1.82, 2.24) is 15.1 Å². The number of anilines is 1. The molecule has 1 aromatic heterocycles. The number of nitrogens with zero attached hydrogens (tertiary/aromatic N) is 2. The number of halogens is 1. The first kappa shape index (κ1) is 12.6. The molecule has 0 unspecified atom stereocenters. The molecule has 3 N–H and O–H groups in total. The highest BCUT2D eigenvalue weighted by Crippen LogP contribution is 2.15. The molecule has 6 heteroatoms. The fraction of sp³-hybridized carbons (Fsp3) is 0.167. The molecule has 0 saturated carbocycles. The van der Waals surface area contributed by atoms with Gasteiger partial charge in [0, 0.05) is 18.1 Å². The fourth-order valence-corrected chi connectivity index (χ4v) is 2.10. The van der Waals surface area contributed by atoms with Crippen molar-refractivity contribution in [2.75, 3.05) is 12.8 Å². The summed E-state index contributed by atoms with van der Waals surface area (Å²) in [5, 5.41) is 6.29. The number of carbonyl (C=O) groups excluding carboxylic acids is 1. The van der Waals surface area contributed by atoms with Gasteiger partial charge in [0.1, 0.15) is 11.4 Å². The van der Waals surface area contributed by atoms with E-state index in [1.54, 1.807) is 11.9 Å². The molecule has 0 saturated heterocycles. The van der Waals surface area contributed by atoms with Gasteiger partial charge < -0.3 is 10.6 Å². The Kier molecular flexibility index (Phi) is 3.66. The molecule has 2 aromatic rings. The van der Waals surface area contributed by atoms with Crippen LogP contribution >= 0.6 is 15.9 Å². The number of aromatic amines is 1. The van der Waals surface area contributed by atoms with Crippen LogP contribution in [0.4, 0.5) is 5.82 Å². The van der Waals surface area contributed by atoms with Gasteiger partial charge in [0.05, 0.1) is 6.20 Å². The highest BCUT2D eigenvalue weighted by molar-refractivity contribution is 9.10. The molecule has 2 rings (SSSR count). The zero-order valence-corrected chi connectivity index (χ0v) is 11.4. The zero-order valence-electron chi connectivity index (χ0n) is 9.85. The summed E-state index contributed by atoms with van der Waals surface area (Å²) >= 11 is 3.40. The van der Waals surface area contributed by atoms with Gasteiger partial charge >= 0.3 is 0 Å². The van der Waals surface area contributed by atoms with E-state index in [9.17, 15) is 4.79 Å². The lowest BCUT2D eigenvalue weighted by Crippen LogP contribution is -2.26. The number of nitrogens with two attached hydrogens (primary N) is 1. The summed E-state index contributed by atoms with van der Waals surface area (Å²) in [5.74, 6) is 0.141. The normalized spacial score (nSPS) is 10.3. The summed E-state index contributed by atoms with van der Waals surface area (Å²) < 4.78 is 0.990. The maximum Gasteiger partial charge on any atom is 0.259 e. The van der Waals surface area contributed by atoms with Crippen molar-refractivity contribution in [3.05, 3.63) is 46.1 Å². The Morgan fingerprint density at radius 1 is 1.56 bits per heavy atom. The van der Waals surface area contributed by atoms with Gasteiger partial charge in [0.25, 0.3) is 5.91 Å². The van der Waals surface area contributed by atoms with Crippen LogP contribution in [-0.4, -0.2) is 28.1 Å². The lowest BCUT2D eigenvalue weighted by molar-refractivity contribution is 0.0786. The molecule has 0 spiro atoms. The maximum atomic E-state index is 12.1. The number of nitrogen functional groups attached to an aromatic ring is 1. The predicted octanol–water partition coefficient (Wildman–Crippen LogP) is 2.03. The molecule has 0 aliphatic rings. The molecule has 1 amide bonds. The molecule has 1 heterocycles. The average molecular weight is 309 g/mol. The highest BCUT2D eigenvalue weighted by atomic mass is 79.9. The molecule has 0 aliphatic carbocycles. The highest BCUT2D eigenvalue weighted by Gasteiger charge is 2.16. The van der Waals surface area contributed by atoms with Crippen LogP contribution in [0.1, 0.15) is 15.9 Å². The standard InChI is InChI=1S/C12H13BrN4O/c1-17(7-8-3-2-4-9(13)5-8)12(18)10-6-15-16-11(10)14/h2-6H,7H2,1H3,(H3,14,15,16). The van der Waals surface area contributed by atoms with Crippen LogP contribution in [0.25, 0.3) is 0 Å². The van der Waals surface area contributed by atoms with Crippen LogP contribution in [0.2, 0.25) is 0 Å². The summed E-state index contributed by atoms with van der Waals surface area (Å²) in [7, 11) is 1.73. The number of hydrogen-bond acceptors (Lipinski definition) is 3. The van der Waals surface area contributed by atoms with E-state index in [1.807, 2.05) is 24.3 Å². The third kappa shape index (κ3) is 2.70. The first-order chi connectivity index (χ1) is 8.58. The molecular formula is C12H13BrN4O. The van der Waals surface area contributed by atoms with Gasteiger partial charge in [-0.05, 0) is 17.7 Å². The van der Waals surface area contributed by atoms with Crippen LogP contribution in [0.15, 0.2) is 34.9 Å². The summed E-state index contributed by atoms with van der Waals surface area (Å²) in [6.07, 6.45) is 1.44. The average Bonchev–Trinajstić information content (AvgIpc) is 2.74. The Labute approximate surface area is 113 Å². The third-order valence-electron chi connectivity index (χ3n) is 2.55. The molecule has 0 fully saturated rings. The number of hydrogen-bond donors (Lipinski definition) is 2. The molecule has 0 aliphatic heterocycles. The van der Waals surface area contributed by atoms with Gasteiger partial charge in [-0.25, -0.2) is 0 Å². The van der Waals surface area contributed by atoms with E-state index in [0.717, 1.165) is 10.0 Å². The van der Waals surface area contributed by atoms with Gasteiger partial charge in [-0.2, -0.15) is 5.10 Å². The Bertz CT molecular complexity index is 567. The largest absolute Gasteiger partial charge is 0.383 e. The van der Waals surface area contributed by atoms with E-state index in [-0.39, 0.29) is 5.91 Å². The minimum absolute atomic E-state index is 0.152. The minimum atomic E-state index is -0.152. The number of H-pyrrole nitrogens is 1. The van der Waals surface area contributed by atoms with Crippen LogP contribution in [0.3, 0.4) is 0 Å². The predicted molar refractivity (Wildman–Crippen MR) is 72.9 cm³/mol. The van der Waals surface area contributed by atoms with Gasteiger partial charge in [-0.15, -0.1) is 0 Å². The van der Waals surface area contributed by atoms with Crippen molar-refractivity contribution < 1.29 is 4.79 Å². The molecule has 94 valence electrons. The van der Waals surface area contributed by atoms with E-state index in [1.165, 1.54) is 6.20 Å².